The lowest BCUT2D eigenvalue weighted by atomic mass is 9.95. The average molecular weight is 366 g/mol. The van der Waals surface area contributed by atoms with Gasteiger partial charge >= 0.3 is 0 Å². The predicted octanol–water partition coefficient (Wildman–Crippen LogP) is 1.57. The summed E-state index contributed by atoms with van der Waals surface area (Å²) < 4.78 is 4.96. The van der Waals surface area contributed by atoms with E-state index in [0.29, 0.717) is 18.9 Å². The first kappa shape index (κ1) is 19.4. The van der Waals surface area contributed by atoms with Crippen LogP contribution in [0.4, 0.5) is 0 Å². The Bertz CT molecular complexity index is 671. The molecule has 3 rings (SSSR count). The maximum Gasteiger partial charge on any atom is 0.241 e. The van der Waals surface area contributed by atoms with Gasteiger partial charge in [-0.3, -0.25) is 9.89 Å². The van der Waals surface area contributed by atoms with E-state index in [1.165, 1.54) is 0 Å². The van der Waals surface area contributed by atoms with Gasteiger partial charge in [0.05, 0.1) is 6.61 Å². The number of nitrogens with zero attached hydrogens (tertiary/aromatic N) is 3. The first-order valence-corrected chi connectivity index (χ1v) is 8.20. The summed E-state index contributed by atoms with van der Waals surface area (Å²) in [6.07, 6.45) is 1.71. The Morgan fingerprint density at radius 2 is 2.04 bits per heavy atom. The minimum absolute atomic E-state index is 0. The minimum Gasteiger partial charge on any atom is -0.383 e. The summed E-state index contributed by atoms with van der Waals surface area (Å²) in [5.74, 6) is 1.85. The number of rotatable bonds is 5. The number of benzene rings is 1. The van der Waals surface area contributed by atoms with E-state index in [9.17, 15) is 4.79 Å². The smallest absolute Gasteiger partial charge is 0.241 e. The fourth-order valence-electron chi connectivity index (χ4n) is 3.03. The summed E-state index contributed by atoms with van der Waals surface area (Å²) in [5.41, 5.74) is 6.83. The third kappa shape index (κ3) is 4.56. The number of likely N-dealkylation sites (tertiary alicyclic amines) is 1. The van der Waals surface area contributed by atoms with Gasteiger partial charge in [-0.2, -0.15) is 5.10 Å². The molecule has 1 aliphatic heterocycles. The highest BCUT2D eigenvalue weighted by molar-refractivity contribution is 5.85. The molecule has 7 nitrogen and oxygen atoms in total. The van der Waals surface area contributed by atoms with Crippen LogP contribution in [0, 0.1) is 0 Å². The molecule has 1 fully saturated rings. The SMILES string of the molecule is COCC(N)C(=O)N1CCC(c2nc(-c3ccccc3)n[nH]2)CC1.Cl. The van der Waals surface area contributed by atoms with E-state index in [1.54, 1.807) is 7.11 Å². The zero-order chi connectivity index (χ0) is 16.9. The van der Waals surface area contributed by atoms with Crippen molar-refractivity contribution in [2.24, 2.45) is 5.73 Å². The van der Waals surface area contributed by atoms with Crippen molar-refractivity contribution in [2.45, 2.75) is 24.8 Å². The van der Waals surface area contributed by atoms with Gasteiger partial charge < -0.3 is 15.4 Å². The molecule has 1 atom stereocenters. The van der Waals surface area contributed by atoms with E-state index in [-0.39, 0.29) is 30.8 Å². The molecule has 0 aliphatic carbocycles. The standard InChI is InChI=1S/C17H23N5O2.ClH/c1-24-11-14(18)17(23)22-9-7-13(8-10-22)16-19-15(20-21-16)12-5-3-2-4-6-12;/h2-6,13-14H,7-11,18H2,1H3,(H,19,20,21);1H. The van der Waals surface area contributed by atoms with Crippen LogP contribution in [-0.4, -0.2) is 58.8 Å². The lowest BCUT2D eigenvalue weighted by Gasteiger charge is -2.32. The molecule has 1 unspecified atom stereocenters. The fraction of sp³-hybridized carbons (Fsp3) is 0.471. The second kappa shape index (κ2) is 8.94. The summed E-state index contributed by atoms with van der Waals surface area (Å²) in [6, 6.07) is 9.31. The van der Waals surface area contributed by atoms with E-state index in [2.05, 4.69) is 15.2 Å². The third-order valence-electron chi connectivity index (χ3n) is 4.39. The van der Waals surface area contributed by atoms with Crippen LogP contribution in [0.25, 0.3) is 11.4 Å². The van der Waals surface area contributed by atoms with Crippen molar-refractivity contribution in [1.29, 1.82) is 0 Å². The van der Waals surface area contributed by atoms with Crippen LogP contribution in [-0.2, 0) is 9.53 Å². The van der Waals surface area contributed by atoms with Gasteiger partial charge in [0.15, 0.2) is 5.82 Å². The number of nitrogens with one attached hydrogen (secondary N) is 1. The number of halogens is 1. The maximum absolute atomic E-state index is 12.2. The monoisotopic (exact) mass is 365 g/mol. The summed E-state index contributed by atoms with van der Waals surface area (Å²) in [7, 11) is 1.55. The van der Waals surface area contributed by atoms with Crippen LogP contribution in [0.3, 0.4) is 0 Å². The molecule has 0 radical (unpaired) electrons. The number of aromatic amines is 1. The van der Waals surface area contributed by atoms with E-state index in [0.717, 1.165) is 24.2 Å². The normalized spacial score (nSPS) is 16.3. The molecule has 1 amide bonds. The number of amides is 1. The van der Waals surface area contributed by atoms with E-state index in [1.807, 2.05) is 35.2 Å². The van der Waals surface area contributed by atoms with Gasteiger partial charge in [-0.1, -0.05) is 30.3 Å². The lowest BCUT2D eigenvalue weighted by Crippen LogP contribution is -2.48. The van der Waals surface area contributed by atoms with Gasteiger partial charge in [0.25, 0.3) is 0 Å². The summed E-state index contributed by atoms with van der Waals surface area (Å²) in [6.45, 7) is 1.62. The van der Waals surface area contributed by atoms with Crippen LogP contribution in [0.2, 0.25) is 0 Å². The number of carbonyl (C=O) groups is 1. The Morgan fingerprint density at radius 3 is 2.68 bits per heavy atom. The molecular formula is C17H24ClN5O2. The quantitative estimate of drug-likeness (QED) is 0.838. The van der Waals surface area contributed by atoms with Crippen molar-refractivity contribution in [1.82, 2.24) is 20.1 Å². The Hall–Kier alpha value is -1.96. The zero-order valence-electron chi connectivity index (χ0n) is 14.2. The third-order valence-corrected chi connectivity index (χ3v) is 4.39. The average Bonchev–Trinajstić information content (AvgIpc) is 3.12. The number of ether oxygens (including phenoxy) is 1. The molecule has 8 heteroatoms. The molecule has 1 aliphatic rings. The highest BCUT2D eigenvalue weighted by Crippen LogP contribution is 2.27. The van der Waals surface area contributed by atoms with Crippen LogP contribution >= 0.6 is 12.4 Å². The van der Waals surface area contributed by atoms with Gasteiger partial charge in [0, 0.05) is 31.7 Å². The molecule has 136 valence electrons. The van der Waals surface area contributed by atoms with Gasteiger partial charge in [0.1, 0.15) is 11.9 Å². The van der Waals surface area contributed by atoms with E-state index in [4.69, 9.17) is 10.5 Å². The molecule has 25 heavy (non-hydrogen) atoms. The van der Waals surface area contributed by atoms with E-state index >= 15 is 0 Å². The Balaban J connectivity index is 0.00000225. The maximum atomic E-state index is 12.2. The topological polar surface area (TPSA) is 97.1 Å². The van der Waals surface area contributed by atoms with Gasteiger partial charge in [-0.15, -0.1) is 12.4 Å². The summed E-state index contributed by atoms with van der Waals surface area (Å²) >= 11 is 0. The molecule has 1 aromatic carbocycles. The molecule has 0 spiro atoms. The van der Waals surface area contributed by atoms with Crippen LogP contribution < -0.4 is 5.73 Å². The largest absolute Gasteiger partial charge is 0.383 e. The second-order valence-corrected chi connectivity index (χ2v) is 6.07. The van der Waals surface area contributed by atoms with Crippen molar-refractivity contribution in [3.63, 3.8) is 0 Å². The second-order valence-electron chi connectivity index (χ2n) is 6.07. The Labute approximate surface area is 153 Å². The molecule has 1 aromatic heterocycles. The Kier molecular flexibility index (Phi) is 6.92. The number of aromatic nitrogens is 3. The highest BCUT2D eigenvalue weighted by Gasteiger charge is 2.28. The summed E-state index contributed by atoms with van der Waals surface area (Å²) in [4.78, 5) is 18.6. The van der Waals surface area contributed by atoms with Crippen molar-refractivity contribution >= 4 is 18.3 Å². The number of hydrogen-bond donors (Lipinski definition) is 2. The van der Waals surface area contributed by atoms with Crippen molar-refractivity contribution in [3.05, 3.63) is 36.2 Å². The van der Waals surface area contributed by atoms with Crippen LogP contribution in [0.5, 0.6) is 0 Å². The minimum atomic E-state index is -0.582. The molecule has 3 N–H and O–H groups in total. The highest BCUT2D eigenvalue weighted by atomic mass is 35.5. The van der Waals surface area contributed by atoms with Gasteiger partial charge in [-0.25, -0.2) is 4.98 Å². The first-order chi connectivity index (χ1) is 11.7. The lowest BCUT2D eigenvalue weighted by molar-refractivity contribution is -0.134. The van der Waals surface area contributed by atoms with Crippen molar-refractivity contribution in [3.8, 4) is 11.4 Å². The van der Waals surface area contributed by atoms with Gasteiger partial charge in [0.2, 0.25) is 5.91 Å². The molecule has 2 heterocycles. The molecule has 0 saturated carbocycles. The molecule has 0 bridgehead atoms. The van der Waals surface area contributed by atoms with Crippen LogP contribution in [0.15, 0.2) is 30.3 Å². The Morgan fingerprint density at radius 1 is 1.36 bits per heavy atom. The van der Waals surface area contributed by atoms with Crippen molar-refractivity contribution < 1.29 is 9.53 Å². The number of hydrogen-bond acceptors (Lipinski definition) is 5. The number of nitrogens with two attached hydrogens (primary N) is 1. The number of carbonyl (C=O) groups excluding carboxylic acids is 1. The van der Waals surface area contributed by atoms with Gasteiger partial charge in [-0.05, 0) is 12.8 Å². The number of methoxy groups -OCH3 is 1. The fourth-order valence-corrected chi connectivity index (χ4v) is 3.03. The number of piperidine rings is 1. The first-order valence-electron chi connectivity index (χ1n) is 8.20. The number of H-pyrrole nitrogens is 1. The van der Waals surface area contributed by atoms with Crippen LogP contribution in [0.1, 0.15) is 24.6 Å². The van der Waals surface area contributed by atoms with E-state index < -0.39 is 6.04 Å². The van der Waals surface area contributed by atoms with Crippen molar-refractivity contribution in [2.75, 3.05) is 26.8 Å². The predicted molar refractivity (Wildman–Crippen MR) is 97.5 cm³/mol. The molecule has 1 saturated heterocycles. The molecule has 2 aromatic rings. The summed E-state index contributed by atoms with van der Waals surface area (Å²) in [5, 5.41) is 7.37. The molecular weight excluding hydrogens is 342 g/mol. The zero-order valence-corrected chi connectivity index (χ0v) is 15.0.